The molecule has 0 bridgehead atoms. The molecular weight excluding hydrogens is 200 g/mol. The SMILES string of the molecule is N#Cc1cc2c([nH]c1=S)CCSC2. The van der Waals surface area contributed by atoms with Gasteiger partial charge in [-0.3, -0.25) is 0 Å². The number of nitriles is 1. The fraction of sp³-hybridized carbons (Fsp3) is 0.333. The summed E-state index contributed by atoms with van der Waals surface area (Å²) in [5.41, 5.74) is 3.04. The van der Waals surface area contributed by atoms with Gasteiger partial charge in [-0.1, -0.05) is 12.2 Å². The first-order chi connectivity index (χ1) is 6.31. The summed E-state index contributed by atoms with van der Waals surface area (Å²) in [4.78, 5) is 3.13. The van der Waals surface area contributed by atoms with Crippen LogP contribution in [-0.2, 0) is 12.2 Å². The predicted octanol–water partition coefficient (Wildman–Crippen LogP) is 2.41. The third-order valence-electron chi connectivity index (χ3n) is 2.09. The number of aromatic nitrogens is 1. The summed E-state index contributed by atoms with van der Waals surface area (Å²) >= 11 is 6.95. The van der Waals surface area contributed by atoms with Crippen molar-refractivity contribution in [3.63, 3.8) is 0 Å². The minimum atomic E-state index is 0.577. The van der Waals surface area contributed by atoms with Crippen LogP contribution in [0.3, 0.4) is 0 Å². The second kappa shape index (κ2) is 3.52. The van der Waals surface area contributed by atoms with Crippen LogP contribution < -0.4 is 0 Å². The zero-order chi connectivity index (χ0) is 9.26. The van der Waals surface area contributed by atoms with E-state index in [1.54, 1.807) is 0 Å². The van der Waals surface area contributed by atoms with Gasteiger partial charge in [0.15, 0.2) is 0 Å². The van der Waals surface area contributed by atoms with Crippen molar-refractivity contribution in [3.05, 3.63) is 27.5 Å². The Morgan fingerprint density at radius 2 is 2.46 bits per heavy atom. The molecule has 0 aliphatic carbocycles. The van der Waals surface area contributed by atoms with Crippen molar-refractivity contribution in [1.29, 1.82) is 5.26 Å². The number of hydrogen-bond acceptors (Lipinski definition) is 3. The molecule has 0 spiro atoms. The first-order valence-corrected chi connectivity index (χ1v) is 5.60. The van der Waals surface area contributed by atoms with Crippen molar-refractivity contribution >= 4 is 24.0 Å². The van der Waals surface area contributed by atoms with E-state index in [1.807, 2.05) is 17.8 Å². The van der Waals surface area contributed by atoms with Crippen LogP contribution in [0, 0.1) is 16.0 Å². The lowest BCUT2D eigenvalue weighted by molar-refractivity contribution is 0.981. The van der Waals surface area contributed by atoms with Gasteiger partial charge in [0, 0.05) is 11.4 Å². The van der Waals surface area contributed by atoms with E-state index in [0.29, 0.717) is 10.2 Å². The van der Waals surface area contributed by atoms with Crippen LogP contribution in [0.25, 0.3) is 0 Å². The summed E-state index contributed by atoms with van der Waals surface area (Å²) in [5.74, 6) is 2.14. The monoisotopic (exact) mass is 208 g/mol. The van der Waals surface area contributed by atoms with Crippen molar-refractivity contribution in [1.82, 2.24) is 4.98 Å². The zero-order valence-corrected chi connectivity index (χ0v) is 8.60. The van der Waals surface area contributed by atoms with Crippen molar-refractivity contribution in [2.75, 3.05) is 5.75 Å². The smallest absolute Gasteiger partial charge is 0.121 e. The van der Waals surface area contributed by atoms with Gasteiger partial charge in [0.1, 0.15) is 10.7 Å². The molecule has 0 unspecified atom stereocenters. The lowest BCUT2D eigenvalue weighted by Gasteiger charge is -2.14. The number of thioether (sulfide) groups is 1. The summed E-state index contributed by atoms with van der Waals surface area (Å²) in [7, 11) is 0. The van der Waals surface area contributed by atoms with Crippen molar-refractivity contribution < 1.29 is 0 Å². The minimum Gasteiger partial charge on any atom is -0.349 e. The quantitative estimate of drug-likeness (QED) is 0.665. The highest BCUT2D eigenvalue weighted by Gasteiger charge is 2.10. The number of pyridine rings is 1. The second-order valence-electron chi connectivity index (χ2n) is 2.93. The molecule has 2 nitrogen and oxygen atoms in total. The maximum absolute atomic E-state index is 8.78. The summed E-state index contributed by atoms with van der Waals surface area (Å²) in [6.45, 7) is 0. The highest BCUT2D eigenvalue weighted by molar-refractivity contribution is 7.98. The van der Waals surface area contributed by atoms with Crippen molar-refractivity contribution in [2.45, 2.75) is 12.2 Å². The van der Waals surface area contributed by atoms with E-state index in [-0.39, 0.29) is 0 Å². The van der Waals surface area contributed by atoms with Gasteiger partial charge in [-0.2, -0.15) is 17.0 Å². The Balaban J connectivity index is 2.59. The van der Waals surface area contributed by atoms with Gasteiger partial charge in [0.2, 0.25) is 0 Å². The first kappa shape index (κ1) is 8.79. The van der Waals surface area contributed by atoms with E-state index in [1.165, 1.54) is 11.3 Å². The molecule has 0 amide bonds. The van der Waals surface area contributed by atoms with Gasteiger partial charge >= 0.3 is 0 Å². The van der Waals surface area contributed by atoms with Crippen LogP contribution in [-0.4, -0.2) is 10.7 Å². The Bertz CT molecular complexity index is 428. The Hall–Kier alpha value is -0.790. The Labute approximate surface area is 86.0 Å². The molecule has 1 aromatic heterocycles. The minimum absolute atomic E-state index is 0.577. The van der Waals surface area contributed by atoms with Gasteiger partial charge in [0.05, 0.1) is 5.56 Å². The molecule has 4 heteroatoms. The van der Waals surface area contributed by atoms with Gasteiger partial charge in [-0.05, 0) is 23.8 Å². The number of rotatable bonds is 0. The predicted molar refractivity (Wildman–Crippen MR) is 56.2 cm³/mol. The molecule has 1 aliphatic rings. The van der Waals surface area contributed by atoms with Crippen LogP contribution in [0.15, 0.2) is 6.07 Å². The molecule has 0 atom stereocenters. The lowest BCUT2D eigenvalue weighted by Crippen LogP contribution is -2.06. The third kappa shape index (κ3) is 1.62. The van der Waals surface area contributed by atoms with Gasteiger partial charge < -0.3 is 4.98 Å². The Morgan fingerprint density at radius 1 is 1.62 bits per heavy atom. The summed E-state index contributed by atoms with van der Waals surface area (Å²) < 4.78 is 0.577. The number of aryl methyl sites for hydroxylation is 1. The van der Waals surface area contributed by atoms with Crippen LogP contribution in [0.4, 0.5) is 0 Å². The van der Waals surface area contributed by atoms with Crippen LogP contribution in [0.1, 0.15) is 16.8 Å². The highest BCUT2D eigenvalue weighted by atomic mass is 32.2. The highest BCUT2D eigenvalue weighted by Crippen LogP contribution is 2.23. The third-order valence-corrected chi connectivity index (χ3v) is 3.42. The molecule has 0 radical (unpaired) electrons. The Kier molecular flexibility index (Phi) is 2.38. The maximum Gasteiger partial charge on any atom is 0.121 e. The molecule has 0 fully saturated rings. The number of nitrogens with zero attached hydrogens (tertiary/aromatic N) is 1. The summed E-state index contributed by atoms with van der Waals surface area (Å²) in [5, 5.41) is 8.78. The molecule has 2 rings (SSSR count). The topological polar surface area (TPSA) is 39.6 Å². The number of nitrogens with one attached hydrogen (secondary N) is 1. The van der Waals surface area contributed by atoms with E-state index in [2.05, 4.69) is 11.1 Å². The molecule has 13 heavy (non-hydrogen) atoms. The fourth-order valence-corrected chi connectivity index (χ4v) is 2.60. The van der Waals surface area contributed by atoms with Crippen molar-refractivity contribution in [3.8, 4) is 6.07 Å². The van der Waals surface area contributed by atoms with Crippen molar-refractivity contribution in [2.24, 2.45) is 0 Å². The van der Waals surface area contributed by atoms with Gasteiger partial charge in [-0.15, -0.1) is 0 Å². The molecule has 0 saturated carbocycles. The molecule has 1 N–H and O–H groups in total. The molecular formula is C9H8N2S2. The summed E-state index contributed by atoms with van der Waals surface area (Å²) in [6.07, 6.45) is 1.04. The van der Waals surface area contributed by atoms with E-state index in [4.69, 9.17) is 17.5 Å². The van der Waals surface area contributed by atoms with Gasteiger partial charge in [0.25, 0.3) is 0 Å². The van der Waals surface area contributed by atoms with E-state index >= 15 is 0 Å². The van der Waals surface area contributed by atoms with E-state index < -0.39 is 0 Å². The Morgan fingerprint density at radius 3 is 3.23 bits per heavy atom. The second-order valence-corrected chi connectivity index (χ2v) is 4.44. The number of fused-ring (bicyclic) bond motifs is 1. The number of hydrogen-bond donors (Lipinski definition) is 1. The van der Waals surface area contributed by atoms with E-state index in [9.17, 15) is 0 Å². The average Bonchev–Trinajstić information content (AvgIpc) is 2.17. The fourth-order valence-electron chi connectivity index (χ4n) is 1.40. The van der Waals surface area contributed by atoms with Crippen LogP contribution in [0.2, 0.25) is 0 Å². The zero-order valence-electron chi connectivity index (χ0n) is 6.96. The average molecular weight is 208 g/mol. The van der Waals surface area contributed by atoms with E-state index in [0.717, 1.165) is 17.9 Å². The molecule has 2 heterocycles. The molecule has 1 aromatic rings. The van der Waals surface area contributed by atoms with Crippen LogP contribution in [0.5, 0.6) is 0 Å². The number of aromatic amines is 1. The molecule has 66 valence electrons. The molecule has 0 saturated heterocycles. The lowest BCUT2D eigenvalue weighted by atomic mass is 10.1. The standard InChI is InChI=1S/C9H8N2S2/c10-4-6-3-7-5-13-2-1-8(7)11-9(6)12/h3H,1-2,5H2,(H,11,12). The van der Waals surface area contributed by atoms with Crippen LogP contribution >= 0.6 is 24.0 Å². The van der Waals surface area contributed by atoms with Gasteiger partial charge in [-0.25, -0.2) is 0 Å². The number of H-pyrrole nitrogens is 1. The normalized spacial score (nSPS) is 14.7. The first-order valence-electron chi connectivity index (χ1n) is 4.04. The maximum atomic E-state index is 8.78. The largest absolute Gasteiger partial charge is 0.349 e. The molecule has 1 aliphatic heterocycles. The molecule has 0 aromatic carbocycles. The summed E-state index contributed by atoms with van der Waals surface area (Å²) in [6, 6.07) is 4.02.